The van der Waals surface area contributed by atoms with Gasteiger partial charge in [0.15, 0.2) is 6.29 Å². The molecule has 0 bridgehead atoms. The summed E-state index contributed by atoms with van der Waals surface area (Å²) >= 11 is 0. The van der Waals surface area contributed by atoms with Gasteiger partial charge in [-0.3, -0.25) is 0 Å². The molecule has 0 aliphatic carbocycles. The summed E-state index contributed by atoms with van der Waals surface area (Å²) in [6.07, 6.45) is 1.61. The van der Waals surface area contributed by atoms with Gasteiger partial charge in [-0.15, -0.1) is 0 Å². The predicted octanol–water partition coefficient (Wildman–Crippen LogP) is 1.16. The van der Waals surface area contributed by atoms with Gasteiger partial charge in [-0.25, -0.2) is 4.79 Å². The highest BCUT2D eigenvalue weighted by molar-refractivity contribution is 5.82. The fourth-order valence-electron chi connectivity index (χ4n) is 0.701. The maximum atomic E-state index is 11.0. The third-order valence-corrected chi connectivity index (χ3v) is 1.18. The molecule has 4 nitrogen and oxygen atoms in total. The van der Waals surface area contributed by atoms with E-state index in [0.29, 0.717) is 12.3 Å². The maximum Gasteiger partial charge on any atom is 0.334 e. The molecule has 76 valence electrons. The molecule has 0 amide bonds. The van der Waals surface area contributed by atoms with Crippen LogP contribution in [0.2, 0.25) is 0 Å². The van der Waals surface area contributed by atoms with Crippen LogP contribution in [0, 0.1) is 0 Å². The van der Waals surface area contributed by atoms with Gasteiger partial charge >= 0.3 is 5.97 Å². The molecule has 1 atom stereocenters. The van der Waals surface area contributed by atoms with Gasteiger partial charge < -0.3 is 15.2 Å². The van der Waals surface area contributed by atoms with Crippen LogP contribution in [0.15, 0.2) is 11.8 Å². The Morgan fingerprint density at radius 1 is 1.62 bits per heavy atom. The molecule has 0 fully saturated rings. The third-order valence-electron chi connectivity index (χ3n) is 1.18. The van der Waals surface area contributed by atoms with Gasteiger partial charge in [0.1, 0.15) is 0 Å². The van der Waals surface area contributed by atoms with Gasteiger partial charge in [0.2, 0.25) is 0 Å². The number of rotatable bonds is 5. The Kier molecular flexibility index (Phi) is 5.97. The van der Waals surface area contributed by atoms with E-state index in [-0.39, 0.29) is 0 Å². The number of carbonyl (C=O) groups is 1. The summed E-state index contributed by atoms with van der Waals surface area (Å²) in [5.74, 6) is -0.469. The summed E-state index contributed by atoms with van der Waals surface area (Å²) in [7, 11) is 0. The van der Waals surface area contributed by atoms with Crippen molar-refractivity contribution in [3.05, 3.63) is 11.8 Å². The molecule has 1 unspecified atom stereocenters. The number of carbonyl (C=O) groups excluding carboxylic acids is 1. The van der Waals surface area contributed by atoms with Gasteiger partial charge in [-0.2, -0.15) is 0 Å². The van der Waals surface area contributed by atoms with E-state index in [4.69, 9.17) is 15.2 Å². The lowest BCUT2D eigenvalue weighted by molar-refractivity contribution is -0.168. The van der Waals surface area contributed by atoms with Gasteiger partial charge in [-0.05, 0) is 20.3 Å². The topological polar surface area (TPSA) is 61.5 Å². The van der Waals surface area contributed by atoms with E-state index in [2.05, 4.69) is 0 Å². The highest BCUT2D eigenvalue weighted by Gasteiger charge is 2.05. The number of allylic oxidation sites excluding steroid dienone is 1. The first-order valence-corrected chi connectivity index (χ1v) is 4.32. The zero-order valence-electron chi connectivity index (χ0n) is 8.37. The molecular formula is C9H17NO3. The molecule has 2 N–H and O–H groups in total. The fourth-order valence-corrected chi connectivity index (χ4v) is 0.701. The fraction of sp³-hybridized carbons (Fsp3) is 0.667. The molecule has 4 heteroatoms. The Balaban J connectivity index is 3.72. The maximum absolute atomic E-state index is 11.0. The Labute approximate surface area is 78.7 Å². The quantitative estimate of drug-likeness (QED) is 0.398. The molecule has 13 heavy (non-hydrogen) atoms. The molecule has 0 aromatic rings. The summed E-state index contributed by atoms with van der Waals surface area (Å²) < 4.78 is 9.98. The second-order valence-corrected chi connectivity index (χ2v) is 2.76. The molecule has 0 rings (SSSR count). The van der Waals surface area contributed by atoms with Crippen LogP contribution in [0.25, 0.3) is 0 Å². The van der Waals surface area contributed by atoms with Crippen LogP contribution in [0.4, 0.5) is 0 Å². The Hall–Kier alpha value is -1.03. The van der Waals surface area contributed by atoms with E-state index in [0.717, 1.165) is 6.42 Å². The Morgan fingerprint density at radius 3 is 2.69 bits per heavy atom. The first-order chi connectivity index (χ1) is 6.06. The third kappa shape index (κ3) is 7.33. The van der Waals surface area contributed by atoms with Crippen molar-refractivity contribution >= 4 is 5.97 Å². The van der Waals surface area contributed by atoms with Gasteiger partial charge in [-0.1, -0.05) is 6.92 Å². The van der Waals surface area contributed by atoms with E-state index < -0.39 is 12.3 Å². The smallest absolute Gasteiger partial charge is 0.334 e. The summed E-state index contributed by atoms with van der Waals surface area (Å²) in [5.41, 5.74) is 5.71. The first kappa shape index (κ1) is 12.0. The van der Waals surface area contributed by atoms with E-state index in [1.54, 1.807) is 13.8 Å². The monoisotopic (exact) mass is 187 g/mol. The summed E-state index contributed by atoms with van der Waals surface area (Å²) in [5, 5.41) is 0. The van der Waals surface area contributed by atoms with E-state index in [1.165, 1.54) is 6.08 Å². The average Bonchev–Trinajstić information content (AvgIpc) is 1.98. The normalized spacial score (nSPS) is 13.9. The zero-order valence-corrected chi connectivity index (χ0v) is 8.37. The molecule has 0 aliphatic heterocycles. The molecule has 0 radical (unpaired) electrons. The lowest BCUT2D eigenvalue weighted by Gasteiger charge is -2.11. The summed E-state index contributed by atoms with van der Waals surface area (Å²) in [6, 6.07) is 0. The first-order valence-electron chi connectivity index (χ1n) is 4.32. The second kappa shape index (κ2) is 6.48. The van der Waals surface area contributed by atoms with E-state index in [9.17, 15) is 4.79 Å². The molecule has 0 aliphatic rings. The van der Waals surface area contributed by atoms with Crippen LogP contribution in [-0.4, -0.2) is 18.9 Å². The summed E-state index contributed by atoms with van der Waals surface area (Å²) in [4.78, 5) is 11.0. The number of hydrogen-bond acceptors (Lipinski definition) is 4. The summed E-state index contributed by atoms with van der Waals surface area (Å²) in [6.45, 7) is 5.87. The van der Waals surface area contributed by atoms with Crippen molar-refractivity contribution in [2.45, 2.75) is 33.5 Å². The van der Waals surface area contributed by atoms with Crippen molar-refractivity contribution in [1.82, 2.24) is 0 Å². The molecular weight excluding hydrogens is 170 g/mol. The van der Waals surface area contributed by atoms with Crippen molar-refractivity contribution < 1.29 is 14.3 Å². The predicted molar refractivity (Wildman–Crippen MR) is 49.7 cm³/mol. The van der Waals surface area contributed by atoms with Gasteiger partial charge in [0.25, 0.3) is 0 Å². The van der Waals surface area contributed by atoms with E-state index >= 15 is 0 Å². The molecule has 0 aromatic carbocycles. The molecule has 0 saturated heterocycles. The highest BCUT2D eigenvalue weighted by atomic mass is 16.7. The zero-order chi connectivity index (χ0) is 10.3. The SMILES string of the molecule is CCCOC(C)OC(=O)C=C(C)N. The number of ether oxygens (including phenoxy) is 2. The lowest BCUT2D eigenvalue weighted by Crippen LogP contribution is -2.17. The van der Waals surface area contributed by atoms with Gasteiger partial charge in [0, 0.05) is 11.8 Å². The molecule has 0 aromatic heterocycles. The average molecular weight is 187 g/mol. The van der Waals surface area contributed by atoms with Crippen LogP contribution in [0.5, 0.6) is 0 Å². The van der Waals surface area contributed by atoms with Crippen molar-refractivity contribution in [2.24, 2.45) is 5.73 Å². The lowest BCUT2D eigenvalue weighted by atomic mass is 10.4. The van der Waals surface area contributed by atoms with Crippen LogP contribution in [0.1, 0.15) is 27.2 Å². The number of hydrogen-bond donors (Lipinski definition) is 1. The van der Waals surface area contributed by atoms with Crippen LogP contribution < -0.4 is 5.73 Å². The van der Waals surface area contributed by atoms with Crippen molar-refractivity contribution in [3.63, 3.8) is 0 Å². The van der Waals surface area contributed by atoms with Crippen molar-refractivity contribution in [2.75, 3.05) is 6.61 Å². The molecule has 0 spiro atoms. The van der Waals surface area contributed by atoms with E-state index in [1.807, 2.05) is 6.92 Å². The highest BCUT2D eigenvalue weighted by Crippen LogP contribution is 1.96. The van der Waals surface area contributed by atoms with Crippen LogP contribution in [0.3, 0.4) is 0 Å². The molecule has 0 saturated carbocycles. The Bertz CT molecular complexity index is 185. The minimum atomic E-state index is -0.511. The van der Waals surface area contributed by atoms with Crippen molar-refractivity contribution in [1.29, 1.82) is 0 Å². The standard InChI is InChI=1S/C9H17NO3/c1-4-5-12-8(3)13-9(11)6-7(2)10/h6,8H,4-5,10H2,1-3H3. The van der Waals surface area contributed by atoms with Crippen LogP contribution >= 0.6 is 0 Å². The Morgan fingerprint density at radius 2 is 2.23 bits per heavy atom. The largest absolute Gasteiger partial charge is 0.433 e. The second-order valence-electron chi connectivity index (χ2n) is 2.76. The minimum absolute atomic E-state index is 0.424. The number of esters is 1. The van der Waals surface area contributed by atoms with Crippen LogP contribution in [-0.2, 0) is 14.3 Å². The number of nitrogens with two attached hydrogens (primary N) is 1. The van der Waals surface area contributed by atoms with Crippen molar-refractivity contribution in [3.8, 4) is 0 Å². The van der Waals surface area contributed by atoms with Gasteiger partial charge in [0.05, 0.1) is 6.61 Å². The molecule has 0 heterocycles. The minimum Gasteiger partial charge on any atom is -0.433 e.